The Bertz CT molecular complexity index is 394. The predicted molar refractivity (Wildman–Crippen MR) is 74.5 cm³/mol. The van der Waals surface area contributed by atoms with Crippen LogP contribution in [0.25, 0.3) is 0 Å². The van der Waals surface area contributed by atoms with Gasteiger partial charge in [-0.2, -0.15) is 0 Å². The summed E-state index contributed by atoms with van der Waals surface area (Å²) in [5, 5.41) is 0. The predicted octanol–water partition coefficient (Wildman–Crippen LogP) is 1.80. The van der Waals surface area contributed by atoms with E-state index in [1.54, 1.807) is 7.11 Å². The molecule has 0 fully saturated rings. The zero-order valence-corrected chi connectivity index (χ0v) is 11.5. The zero-order chi connectivity index (χ0) is 13.0. The van der Waals surface area contributed by atoms with Crippen molar-refractivity contribution < 1.29 is 4.74 Å². The zero-order valence-electron chi connectivity index (χ0n) is 11.5. The highest BCUT2D eigenvalue weighted by atomic mass is 16.5. The topological polar surface area (TPSA) is 38.5 Å². The molecule has 3 nitrogen and oxygen atoms in total. The second-order valence-corrected chi connectivity index (χ2v) is 5.38. The smallest absolute Gasteiger partial charge is 0.0480 e. The summed E-state index contributed by atoms with van der Waals surface area (Å²) in [5.74, 6) is 0. The van der Waals surface area contributed by atoms with Crippen molar-refractivity contribution in [3.8, 4) is 0 Å². The second-order valence-electron chi connectivity index (χ2n) is 5.38. The summed E-state index contributed by atoms with van der Waals surface area (Å²) in [5.41, 5.74) is 8.98. The average Bonchev–Trinajstić information content (AvgIpc) is 2.44. The number of ether oxygens (including phenoxy) is 1. The van der Waals surface area contributed by atoms with Gasteiger partial charge in [0.05, 0.1) is 0 Å². The molecule has 1 heterocycles. The Kier molecular flexibility index (Phi) is 4.38. The van der Waals surface area contributed by atoms with Gasteiger partial charge in [0.25, 0.3) is 0 Å². The Morgan fingerprint density at radius 2 is 2.06 bits per heavy atom. The fourth-order valence-electron chi connectivity index (χ4n) is 2.67. The molecule has 0 saturated carbocycles. The molecule has 0 aromatic heterocycles. The standard InChI is InChI=1S/C15H24N2O/c1-15(12-16,8-10-18-2)17-9-7-13-5-3-4-6-14(13)11-17/h3-6H,7-12,16H2,1-2H3. The van der Waals surface area contributed by atoms with Crippen molar-refractivity contribution in [2.75, 3.05) is 26.8 Å². The molecule has 3 heteroatoms. The third-order valence-corrected chi connectivity index (χ3v) is 4.18. The molecule has 2 N–H and O–H groups in total. The molecule has 1 aromatic rings. The van der Waals surface area contributed by atoms with Crippen LogP contribution in [0.15, 0.2) is 24.3 Å². The van der Waals surface area contributed by atoms with Gasteiger partial charge in [-0.05, 0) is 30.9 Å². The summed E-state index contributed by atoms with van der Waals surface area (Å²) >= 11 is 0. The van der Waals surface area contributed by atoms with E-state index in [2.05, 4.69) is 36.1 Å². The fraction of sp³-hybridized carbons (Fsp3) is 0.600. The molecule has 0 saturated heterocycles. The lowest BCUT2D eigenvalue weighted by Crippen LogP contribution is -2.53. The van der Waals surface area contributed by atoms with Gasteiger partial charge in [0.15, 0.2) is 0 Å². The van der Waals surface area contributed by atoms with Crippen LogP contribution in [0, 0.1) is 0 Å². The van der Waals surface area contributed by atoms with Gasteiger partial charge in [0, 0.05) is 38.9 Å². The number of fused-ring (bicyclic) bond motifs is 1. The van der Waals surface area contributed by atoms with Gasteiger partial charge in [-0.1, -0.05) is 24.3 Å². The van der Waals surface area contributed by atoms with Crippen LogP contribution in [-0.4, -0.2) is 37.2 Å². The maximum absolute atomic E-state index is 6.00. The summed E-state index contributed by atoms with van der Waals surface area (Å²) in [7, 11) is 1.75. The van der Waals surface area contributed by atoms with Crippen molar-refractivity contribution in [3.63, 3.8) is 0 Å². The number of benzene rings is 1. The first-order chi connectivity index (χ1) is 8.69. The van der Waals surface area contributed by atoms with Gasteiger partial charge in [0.1, 0.15) is 0 Å². The van der Waals surface area contributed by atoms with E-state index in [9.17, 15) is 0 Å². The molecule has 0 spiro atoms. The van der Waals surface area contributed by atoms with E-state index in [4.69, 9.17) is 10.5 Å². The molecule has 100 valence electrons. The highest BCUT2D eigenvalue weighted by Crippen LogP contribution is 2.27. The molecule has 18 heavy (non-hydrogen) atoms. The van der Waals surface area contributed by atoms with E-state index >= 15 is 0 Å². The lowest BCUT2D eigenvalue weighted by molar-refractivity contribution is 0.0578. The van der Waals surface area contributed by atoms with Gasteiger partial charge < -0.3 is 10.5 Å². The highest BCUT2D eigenvalue weighted by molar-refractivity contribution is 5.29. The largest absolute Gasteiger partial charge is 0.385 e. The van der Waals surface area contributed by atoms with Crippen molar-refractivity contribution in [3.05, 3.63) is 35.4 Å². The summed E-state index contributed by atoms with van der Waals surface area (Å²) < 4.78 is 5.22. The Morgan fingerprint density at radius 1 is 1.33 bits per heavy atom. The molecule has 2 rings (SSSR count). The third kappa shape index (κ3) is 2.74. The number of methoxy groups -OCH3 is 1. The molecule has 1 aromatic carbocycles. The van der Waals surface area contributed by atoms with Crippen LogP contribution >= 0.6 is 0 Å². The van der Waals surface area contributed by atoms with Crippen LogP contribution in [0.1, 0.15) is 24.5 Å². The first-order valence-electron chi connectivity index (χ1n) is 6.70. The van der Waals surface area contributed by atoms with Crippen molar-refractivity contribution in [2.45, 2.75) is 31.8 Å². The van der Waals surface area contributed by atoms with Crippen LogP contribution in [-0.2, 0) is 17.7 Å². The van der Waals surface area contributed by atoms with E-state index < -0.39 is 0 Å². The third-order valence-electron chi connectivity index (χ3n) is 4.18. The van der Waals surface area contributed by atoms with Crippen LogP contribution in [0.2, 0.25) is 0 Å². The van der Waals surface area contributed by atoms with Crippen molar-refractivity contribution in [2.24, 2.45) is 5.73 Å². The lowest BCUT2D eigenvalue weighted by atomic mass is 9.90. The van der Waals surface area contributed by atoms with Gasteiger partial charge in [-0.3, -0.25) is 4.90 Å². The molecule has 1 aliphatic heterocycles. The monoisotopic (exact) mass is 248 g/mol. The van der Waals surface area contributed by atoms with Crippen LogP contribution in [0.5, 0.6) is 0 Å². The summed E-state index contributed by atoms with van der Waals surface area (Å²) in [4.78, 5) is 2.51. The van der Waals surface area contributed by atoms with Crippen LogP contribution < -0.4 is 5.73 Å². The molecule has 0 radical (unpaired) electrons. The van der Waals surface area contributed by atoms with Gasteiger partial charge in [-0.25, -0.2) is 0 Å². The first kappa shape index (κ1) is 13.5. The quantitative estimate of drug-likeness (QED) is 0.863. The Morgan fingerprint density at radius 3 is 2.72 bits per heavy atom. The molecule has 0 amide bonds. The maximum atomic E-state index is 6.00. The Balaban J connectivity index is 2.11. The van der Waals surface area contributed by atoms with E-state index in [0.29, 0.717) is 6.54 Å². The molecule has 0 bridgehead atoms. The first-order valence-corrected chi connectivity index (χ1v) is 6.70. The maximum Gasteiger partial charge on any atom is 0.0480 e. The van der Waals surface area contributed by atoms with Gasteiger partial charge >= 0.3 is 0 Å². The number of nitrogens with two attached hydrogens (primary N) is 1. The minimum atomic E-state index is 0.0452. The van der Waals surface area contributed by atoms with Crippen LogP contribution in [0.4, 0.5) is 0 Å². The van der Waals surface area contributed by atoms with Crippen LogP contribution in [0.3, 0.4) is 0 Å². The minimum absolute atomic E-state index is 0.0452. The molecule has 1 unspecified atom stereocenters. The Hall–Kier alpha value is -0.900. The normalized spacial score (nSPS) is 19.3. The number of rotatable bonds is 5. The molecule has 1 aliphatic rings. The second kappa shape index (κ2) is 5.83. The molecular weight excluding hydrogens is 224 g/mol. The molecule has 1 atom stereocenters. The SMILES string of the molecule is COCCC(C)(CN)N1CCc2ccccc2C1. The van der Waals surface area contributed by atoms with E-state index in [1.165, 1.54) is 11.1 Å². The van der Waals surface area contributed by atoms with Crippen molar-refractivity contribution in [1.82, 2.24) is 4.90 Å². The van der Waals surface area contributed by atoms with Gasteiger partial charge in [0.2, 0.25) is 0 Å². The van der Waals surface area contributed by atoms with Crippen molar-refractivity contribution in [1.29, 1.82) is 0 Å². The number of hydrogen-bond donors (Lipinski definition) is 1. The average molecular weight is 248 g/mol. The highest BCUT2D eigenvalue weighted by Gasteiger charge is 2.32. The Labute approximate surface area is 110 Å². The lowest BCUT2D eigenvalue weighted by Gasteiger charge is -2.43. The van der Waals surface area contributed by atoms with E-state index in [1.807, 2.05) is 0 Å². The fourth-order valence-corrected chi connectivity index (χ4v) is 2.67. The summed E-state index contributed by atoms with van der Waals surface area (Å²) in [6, 6.07) is 8.72. The number of hydrogen-bond acceptors (Lipinski definition) is 3. The van der Waals surface area contributed by atoms with Gasteiger partial charge in [-0.15, -0.1) is 0 Å². The van der Waals surface area contributed by atoms with E-state index in [-0.39, 0.29) is 5.54 Å². The summed E-state index contributed by atoms with van der Waals surface area (Å²) in [6.07, 6.45) is 2.11. The van der Waals surface area contributed by atoms with Crippen molar-refractivity contribution >= 4 is 0 Å². The minimum Gasteiger partial charge on any atom is -0.385 e. The number of nitrogens with zero attached hydrogens (tertiary/aromatic N) is 1. The summed E-state index contributed by atoms with van der Waals surface area (Å²) in [6.45, 7) is 5.80. The van der Waals surface area contributed by atoms with E-state index in [0.717, 1.165) is 32.5 Å². The molecule has 0 aliphatic carbocycles. The molecular formula is C15H24N2O.